The maximum absolute atomic E-state index is 13.0. The van der Waals surface area contributed by atoms with Crippen LogP contribution in [0.4, 0.5) is 10.1 Å². The van der Waals surface area contributed by atoms with Crippen LogP contribution in [0.15, 0.2) is 35.7 Å². The molecule has 0 saturated carbocycles. The number of hydrogen-bond acceptors (Lipinski definition) is 3. The highest BCUT2D eigenvalue weighted by Gasteiger charge is 2.20. The van der Waals surface area contributed by atoms with Gasteiger partial charge in [0.2, 0.25) is 0 Å². The number of nitrogens with two attached hydrogens (primary N) is 1. The van der Waals surface area contributed by atoms with Gasteiger partial charge in [-0.1, -0.05) is 11.6 Å². The Morgan fingerprint density at radius 3 is 2.53 bits per heavy atom. The maximum Gasteiger partial charge on any atom is 0.123 e. The van der Waals surface area contributed by atoms with Gasteiger partial charge in [-0.05, 0) is 37.3 Å². The van der Waals surface area contributed by atoms with Crippen molar-refractivity contribution >= 4 is 28.6 Å². The summed E-state index contributed by atoms with van der Waals surface area (Å²) in [5, 5.41) is 2.63. The molecule has 5 heteroatoms. The number of benzene rings is 1. The average molecular weight is 299 g/mol. The largest absolute Gasteiger partial charge is 0.363 e. The number of anilines is 1. The zero-order valence-corrected chi connectivity index (χ0v) is 12.2. The van der Waals surface area contributed by atoms with Gasteiger partial charge in [0.25, 0.3) is 0 Å². The molecule has 0 saturated heterocycles. The number of halogens is 2. The van der Waals surface area contributed by atoms with Crippen LogP contribution in [0.1, 0.15) is 17.8 Å². The molecule has 2 nitrogen and oxygen atoms in total. The Kier molecular flexibility index (Phi) is 4.80. The molecule has 0 aliphatic heterocycles. The van der Waals surface area contributed by atoms with Gasteiger partial charge in [0.1, 0.15) is 5.82 Å². The van der Waals surface area contributed by atoms with Gasteiger partial charge < -0.3 is 10.6 Å². The van der Waals surface area contributed by atoms with E-state index in [1.807, 2.05) is 11.4 Å². The Morgan fingerprint density at radius 2 is 2.05 bits per heavy atom. The van der Waals surface area contributed by atoms with E-state index in [1.165, 1.54) is 12.1 Å². The first kappa shape index (κ1) is 14.3. The van der Waals surface area contributed by atoms with E-state index in [1.54, 1.807) is 23.5 Å². The molecule has 1 unspecified atom stereocenters. The second-order valence-electron chi connectivity index (χ2n) is 4.18. The Labute approximate surface area is 121 Å². The minimum Gasteiger partial charge on any atom is -0.363 e. The first-order valence-corrected chi connectivity index (χ1v) is 7.37. The van der Waals surface area contributed by atoms with Crippen molar-refractivity contribution < 1.29 is 4.39 Å². The smallest absolute Gasteiger partial charge is 0.123 e. The average Bonchev–Trinajstić information content (AvgIpc) is 2.83. The third kappa shape index (κ3) is 3.26. The highest BCUT2D eigenvalue weighted by atomic mass is 35.5. The van der Waals surface area contributed by atoms with Gasteiger partial charge in [-0.15, -0.1) is 11.3 Å². The van der Waals surface area contributed by atoms with E-state index in [9.17, 15) is 4.39 Å². The Hall–Kier alpha value is -1.10. The van der Waals surface area contributed by atoms with Crippen molar-refractivity contribution in [3.63, 3.8) is 0 Å². The Morgan fingerprint density at radius 1 is 1.37 bits per heavy atom. The van der Waals surface area contributed by atoms with Gasteiger partial charge in [0, 0.05) is 29.0 Å². The molecule has 2 aromatic rings. The first-order valence-electron chi connectivity index (χ1n) is 6.12. The van der Waals surface area contributed by atoms with Crippen LogP contribution < -0.4 is 10.6 Å². The summed E-state index contributed by atoms with van der Waals surface area (Å²) >= 11 is 7.57. The van der Waals surface area contributed by atoms with Gasteiger partial charge in [0.05, 0.1) is 11.1 Å². The van der Waals surface area contributed by atoms with Crippen LogP contribution >= 0.6 is 22.9 Å². The molecule has 0 radical (unpaired) electrons. The lowest BCUT2D eigenvalue weighted by molar-refractivity contribution is 0.624. The first-order chi connectivity index (χ1) is 9.15. The van der Waals surface area contributed by atoms with Gasteiger partial charge >= 0.3 is 0 Å². The molecule has 0 spiro atoms. The van der Waals surface area contributed by atoms with Crippen molar-refractivity contribution in [2.75, 3.05) is 18.0 Å². The van der Waals surface area contributed by atoms with Crippen molar-refractivity contribution in [2.45, 2.75) is 13.0 Å². The topological polar surface area (TPSA) is 29.3 Å². The lowest BCUT2D eigenvalue weighted by Gasteiger charge is -2.31. The van der Waals surface area contributed by atoms with Crippen LogP contribution in [0.2, 0.25) is 5.02 Å². The maximum atomic E-state index is 13.0. The van der Waals surface area contributed by atoms with Gasteiger partial charge in [0.15, 0.2) is 0 Å². The molecule has 0 aliphatic carbocycles. The predicted octanol–water partition coefficient (Wildman–Crippen LogP) is 4.07. The summed E-state index contributed by atoms with van der Waals surface area (Å²) in [6, 6.07) is 8.48. The summed E-state index contributed by atoms with van der Waals surface area (Å²) in [5.41, 5.74) is 6.87. The van der Waals surface area contributed by atoms with E-state index in [0.717, 1.165) is 22.1 Å². The third-order valence-corrected chi connectivity index (χ3v) is 4.40. The lowest BCUT2D eigenvalue weighted by atomic mass is 10.1. The van der Waals surface area contributed by atoms with Crippen molar-refractivity contribution in [1.29, 1.82) is 0 Å². The van der Waals surface area contributed by atoms with Crippen LogP contribution in [0.5, 0.6) is 0 Å². The van der Waals surface area contributed by atoms with Crippen LogP contribution in [-0.2, 0) is 0 Å². The van der Waals surface area contributed by atoms with Crippen molar-refractivity contribution in [2.24, 2.45) is 5.73 Å². The van der Waals surface area contributed by atoms with E-state index >= 15 is 0 Å². The second-order valence-corrected chi connectivity index (χ2v) is 5.56. The lowest BCUT2D eigenvalue weighted by Crippen LogP contribution is -2.33. The van der Waals surface area contributed by atoms with Crippen molar-refractivity contribution in [1.82, 2.24) is 0 Å². The van der Waals surface area contributed by atoms with E-state index in [0.29, 0.717) is 6.54 Å². The predicted molar refractivity (Wildman–Crippen MR) is 80.5 cm³/mol. The molecule has 0 fully saturated rings. The van der Waals surface area contributed by atoms with E-state index < -0.39 is 0 Å². The molecule has 19 heavy (non-hydrogen) atoms. The summed E-state index contributed by atoms with van der Waals surface area (Å²) in [6.45, 7) is 3.34. The monoisotopic (exact) mass is 298 g/mol. The summed E-state index contributed by atoms with van der Waals surface area (Å²) in [5.74, 6) is -0.233. The molecular formula is C14H16ClFN2S. The minimum absolute atomic E-state index is 0.0629. The Balaban J connectivity index is 2.31. The summed E-state index contributed by atoms with van der Waals surface area (Å²) < 4.78 is 13.0. The van der Waals surface area contributed by atoms with Gasteiger partial charge in [-0.3, -0.25) is 0 Å². The molecule has 0 bridgehead atoms. The van der Waals surface area contributed by atoms with Crippen LogP contribution in [-0.4, -0.2) is 13.1 Å². The normalized spacial score (nSPS) is 12.4. The molecule has 1 heterocycles. The van der Waals surface area contributed by atoms with Crippen molar-refractivity contribution in [3.05, 3.63) is 51.4 Å². The zero-order chi connectivity index (χ0) is 13.8. The fourth-order valence-electron chi connectivity index (χ4n) is 2.12. The van der Waals surface area contributed by atoms with Gasteiger partial charge in [-0.2, -0.15) is 0 Å². The van der Waals surface area contributed by atoms with Crippen LogP contribution in [0.3, 0.4) is 0 Å². The zero-order valence-electron chi connectivity index (χ0n) is 10.6. The standard InChI is InChI=1S/C14H16ClFN2S/c1-2-18(12-5-3-11(16)4-6-12)13(8-17)14-7-10(15)9-19-14/h3-7,9,13H,2,8,17H2,1H3. The quantitative estimate of drug-likeness (QED) is 0.901. The molecule has 2 rings (SSSR count). The molecule has 1 atom stereocenters. The fraction of sp³-hybridized carbons (Fsp3) is 0.286. The number of nitrogens with zero attached hydrogens (tertiary/aromatic N) is 1. The fourth-order valence-corrected chi connectivity index (χ4v) is 3.32. The third-order valence-electron chi connectivity index (χ3n) is 3.01. The molecule has 1 aromatic carbocycles. The molecule has 0 amide bonds. The summed E-state index contributed by atoms with van der Waals surface area (Å²) in [6.07, 6.45) is 0. The van der Waals surface area contributed by atoms with Crippen LogP contribution in [0.25, 0.3) is 0 Å². The molecular weight excluding hydrogens is 283 g/mol. The van der Waals surface area contributed by atoms with E-state index in [4.69, 9.17) is 17.3 Å². The highest BCUT2D eigenvalue weighted by molar-refractivity contribution is 7.10. The highest BCUT2D eigenvalue weighted by Crippen LogP contribution is 2.31. The van der Waals surface area contributed by atoms with Crippen molar-refractivity contribution in [3.8, 4) is 0 Å². The SMILES string of the molecule is CCN(c1ccc(F)cc1)C(CN)c1cc(Cl)cs1. The Bertz CT molecular complexity index is 526. The number of rotatable bonds is 5. The van der Waals surface area contributed by atoms with Crippen LogP contribution in [0, 0.1) is 5.82 Å². The van der Waals surface area contributed by atoms with Gasteiger partial charge in [-0.25, -0.2) is 4.39 Å². The molecule has 0 aliphatic rings. The summed E-state index contributed by atoms with van der Waals surface area (Å²) in [7, 11) is 0. The second kappa shape index (κ2) is 6.37. The molecule has 102 valence electrons. The molecule has 2 N–H and O–H groups in total. The number of thiophene rings is 1. The minimum atomic E-state index is -0.233. The van der Waals surface area contributed by atoms with E-state index in [2.05, 4.69) is 11.8 Å². The molecule has 1 aromatic heterocycles. The number of hydrogen-bond donors (Lipinski definition) is 1. The van der Waals surface area contributed by atoms with E-state index in [-0.39, 0.29) is 11.9 Å². The number of likely N-dealkylation sites (N-methyl/N-ethyl adjacent to an activating group) is 1. The summed E-state index contributed by atoms with van der Waals surface area (Å²) in [4.78, 5) is 3.28.